The van der Waals surface area contributed by atoms with Gasteiger partial charge in [0.25, 0.3) is 5.91 Å². The van der Waals surface area contributed by atoms with E-state index < -0.39 is 17.6 Å². The van der Waals surface area contributed by atoms with E-state index in [2.05, 4.69) is 5.32 Å². The first-order valence-electron chi connectivity index (χ1n) is 5.73. The summed E-state index contributed by atoms with van der Waals surface area (Å²) < 4.78 is 13.6. The molecule has 0 saturated carbocycles. The van der Waals surface area contributed by atoms with Crippen LogP contribution in [-0.2, 0) is 0 Å². The molecule has 2 amide bonds. The van der Waals surface area contributed by atoms with Gasteiger partial charge in [0.05, 0.1) is 5.69 Å². The van der Waals surface area contributed by atoms with Gasteiger partial charge in [-0.2, -0.15) is 0 Å². The molecule has 0 saturated heterocycles. The Labute approximate surface area is 114 Å². The first-order valence-corrected chi connectivity index (χ1v) is 5.73. The van der Waals surface area contributed by atoms with Gasteiger partial charge in [0.2, 0.25) is 5.91 Å². The molecule has 0 heterocycles. The zero-order valence-electron chi connectivity index (χ0n) is 10.4. The van der Waals surface area contributed by atoms with E-state index in [4.69, 9.17) is 11.5 Å². The summed E-state index contributed by atoms with van der Waals surface area (Å²) in [5.74, 6) is -1.86. The number of nitrogen functional groups attached to an aromatic ring is 1. The zero-order valence-corrected chi connectivity index (χ0v) is 10.4. The first-order chi connectivity index (χ1) is 9.47. The molecular formula is C14H12FN3O2. The SMILES string of the molecule is NC(=O)c1ccc(F)c(NC(=O)c2ccc(N)cc2)c1. The van der Waals surface area contributed by atoms with Crippen LogP contribution in [0.2, 0.25) is 0 Å². The van der Waals surface area contributed by atoms with Gasteiger partial charge < -0.3 is 16.8 Å². The van der Waals surface area contributed by atoms with Crippen molar-refractivity contribution < 1.29 is 14.0 Å². The van der Waals surface area contributed by atoms with E-state index in [1.165, 1.54) is 24.3 Å². The molecule has 0 aliphatic heterocycles. The van der Waals surface area contributed by atoms with Crippen LogP contribution in [0.5, 0.6) is 0 Å². The lowest BCUT2D eigenvalue weighted by atomic mass is 10.1. The van der Waals surface area contributed by atoms with Crippen molar-refractivity contribution in [2.24, 2.45) is 5.73 Å². The Morgan fingerprint density at radius 2 is 1.60 bits per heavy atom. The molecule has 2 aromatic carbocycles. The Balaban J connectivity index is 2.25. The molecule has 0 unspecified atom stereocenters. The van der Waals surface area contributed by atoms with Crippen molar-refractivity contribution in [3.63, 3.8) is 0 Å². The molecule has 20 heavy (non-hydrogen) atoms. The highest BCUT2D eigenvalue weighted by Gasteiger charge is 2.11. The Bertz CT molecular complexity index is 669. The Kier molecular flexibility index (Phi) is 3.65. The van der Waals surface area contributed by atoms with Crippen molar-refractivity contribution in [2.75, 3.05) is 11.1 Å². The lowest BCUT2D eigenvalue weighted by molar-refractivity contribution is 0.0996. The van der Waals surface area contributed by atoms with Gasteiger partial charge in [-0.1, -0.05) is 0 Å². The highest BCUT2D eigenvalue weighted by molar-refractivity contribution is 6.05. The number of nitrogens with one attached hydrogen (secondary N) is 1. The van der Waals surface area contributed by atoms with Crippen molar-refractivity contribution >= 4 is 23.2 Å². The molecular weight excluding hydrogens is 261 g/mol. The number of rotatable bonds is 3. The second-order valence-corrected chi connectivity index (χ2v) is 4.14. The largest absolute Gasteiger partial charge is 0.399 e. The number of nitrogens with two attached hydrogens (primary N) is 2. The molecule has 0 aliphatic rings. The molecule has 2 rings (SSSR count). The van der Waals surface area contributed by atoms with Gasteiger partial charge in [-0.05, 0) is 42.5 Å². The fraction of sp³-hybridized carbons (Fsp3) is 0. The van der Waals surface area contributed by atoms with Crippen LogP contribution in [0.1, 0.15) is 20.7 Å². The van der Waals surface area contributed by atoms with E-state index in [0.29, 0.717) is 11.3 Å². The molecule has 5 nitrogen and oxygen atoms in total. The summed E-state index contributed by atoms with van der Waals surface area (Å²) in [4.78, 5) is 23.0. The minimum Gasteiger partial charge on any atom is -0.399 e. The number of carbonyl (C=O) groups excluding carboxylic acids is 2. The second-order valence-electron chi connectivity index (χ2n) is 4.14. The summed E-state index contributed by atoms with van der Waals surface area (Å²) >= 11 is 0. The number of hydrogen-bond acceptors (Lipinski definition) is 3. The standard InChI is InChI=1S/C14H12FN3O2/c15-11-6-3-9(13(17)19)7-12(11)18-14(20)8-1-4-10(16)5-2-8/h1-7H,16H2,(H2,17,19)(H,18,20). The summed E-state index contributed by atoms with van der Waals surface area (Å²) in [5.41, 5.74) is 11.5. The van der Waals surface area contributed by atoms with E-state index in [9.17, 15) is 14.0 Å². The smallest absolute Gasteiger partial charge is 0.255 e. The molecule has 102 valence electrons. The van der Waals surface area contributed by atoms with Crippen molar-refractivity contribution in [2.45, 2.75) is 0 Å². The number of anilines is 2. The molecule has 6 heteroatoms. The maximum atomic E-state index is 13.6. The minimum atomic E-state index is -0.701. The van der Waals surface area contributed by atoms with Gasteiger partial charge in [-0.15, -0.1) is 0 Å². The Morgan fingerprint density at radius 3 is 2.20 bits per heavy atom. The van der Waals surface area contributed by atoms with Crippen LogP contribution in [-0.4, -0.2) is 11.8 Å². The van der Waals surface area contributed by atoms with Gasteiger partial charge in [0, 0.05) is 16.8 Å². The minimum absolute atomic E-state index is 0.108. The first kappa shape index (κ1) is 13.5. The molecule has 0 aromatic heterocycles. The van der Waals surface area contributed by atoms with Gasteiger partial charge in [-0.25, -0.2) is 4.39 Å². The predicted molar refractivity (Wildman–Crippen MR) is 73.7 cm³/mol. The average Bonchev–Trinajstić information content (AvgIpc) is 2.41. The normalized spacial score (nSPS) is 10.1. The summed E-state index contributed by atoms with van der Waals surface area (Å²) in [6, 6.07) is 9.65. The fourth-order valence-electron chi connectivity index (χ4n) is 1.60. The fourth-order valence-corrected chi connectivity index (χ4v) is 1.60. The monoisotopic (exact) mass is 273 g/mol. The van der Waals surface area contributed by atoms with Crippen LogP contribution in [0, 0.1) is 5.82 Å². The van der Waals surface area contributed by atoms with Crippen LogP contribution >= 0.6 is 0 Å². The Hall–Kier alpha value is -2.89. The number of hydrogen-bond donors (Lipinski definition) is 3. The molecule has 0 spiro atoms. The van der Waals surface area contributed by atoms with E-state index in [1.807, 2.05) is 0 Å². The van der Waals surface area contributed by atoms with E-state index in [-0.39, 0.29) is 11.3 Å². The van der Waals surface area contributed by atoms with Gasteiger partial charge in [0.15, 0.2) is 0 Å². The topological polar surface area (TPSA) is 98.2 Å². The molecule has 2 aromatic rings. The summed E-state index contributed by atoms with van der Waals surface area (Å²) in [7, 11) is 0. The lowest BCUT2D eigenvalue weighted by Gasteiger charge is -2.08. The molecule has 0 fully saturated rings. The van der Waals surface area contributed by atoms with E-state index >= 15 is 0 Å². The molecule has 5 N–H and O–H groups in total. The van der Waals surface area contributed by atoms with Crippen LogP contribution in [0.4, 0.5) is 15.8 Å². The third-order valence-electron chi connectivity index (χ3n) is 2.67. The van der Waals surface area contributed by atoms with Crippen LogP contribution in [0.25, 0.3) is 0 Å². The summed E-state index contributed by atoms with van der Waals surface area (Å²) in [5, 5.41) is 2.38. The molecule has 0 atom stereocenters. The van der Waals surface area contributed by atoms with Crippen LogP contribution in [0.3, 0.4) is 0 Å². The molecule has 0 radical (unpaired) electrons. The van der Waals surface area contributed by atoms with Crippen LogP contribution < -0.4 is 16.8 Å². The van der Waals surface area contributed by atoms with Crippen molar-refractivity contribution in [1.82, 2.24) is 0 Å². The zero-order chi connectivity index (χ0) is 14.7. The predicted octanol–water partition coefficient (Wildman–Crippen LogP) is 1.76. The van der Waals surface area contributed by atoms with Gasteiger partial charge in [0.1, 0.15) is 5.82 Å². The number of carbonyl (C=O) groups is 2. The quantitative estimate of drug-likeness (QED) is 0.743. The number of primary amides is 1. The number of halogens is 1. The van der Waals surface area contributed by atoms with E-state index in [1.54, 1.807) is 12.1 Å². The molecule has 0 aliphatic carbocycles. The van der Waals surface area contributed by atoms with Crippen LogP contribution in [0.15, 0.2) is 42.5 Å². The second kappa shape index (κ2) is 5.40. The van der Waals surface area contributed by atoms with Crippen molar-refractivity contribution in [3.05, 3.63) is 59.4 Å². The average molecular weight is 273 g/mol. The molecule has 0 bridgehead atoms. The summed E-state index contributed by atoms with van der Waals surface area (Å²) in [6.07, 6.45) is 0. The van der Waals surface area contributed by atoms with Gasteiger partial charge in [-0.3, -0.25) is 9.59 Å². The maximum Gasteiger partial charge on any atom is 0.255 e. The third-order valence-corrected chi connectivity index (χ3v) is 2.67. The van der Waals surface area contributed by atoms with Gasteiger partial charge >= 0.3 is 0 Å². The summed E-state index contributed by atoms with van der Waals surface area (Å²) in [6.45, 7) is 0. The Morgan fingerprint density at radius 1 is 1.00 bits per heavy atom. The third kappa shape index (κ3) is 2.92. The number of amides is 2. The number of benzene rings is 2. The van der Waals surface area contributed by atoms with Crippen molar-refractivity contribution in [1.29, 1.82) is 0 Å². The van der Waals surface area contributed by atoms with E-state index in [0.717, 1.165) is 6.07 Å². The highest BCUT2D eigenvalue weighted by Crippen LogP contribution is 2.17. The highest BCUT2D eigenvalue weighted by atomic mass is 19.1. The lowest BCUT2D eigenvalue weighted by Crippen LogP contribution is -2.15. The maximum absolute atomic E-state index is 13.6. The van der Waals surface area contributed by atoms with Crippen molar-refractivity contribution in [3.8, 4) is 0 Å².